The first-order valence-electron chi connectivity index (χ1n) is 4.02. The molecule has 0 saturated carbocycles. The molecule has 66 valence electrons. The van der Waals surface area contributed by atoms with E-state index in [9.17, 15) is 0 Å². The smallest absolute Gasteiger partial charge is 0.0439 e. The maximum atomic E-state index is 5.58. The number of nitrogens with one attached hydrogen (secondary N) is 1. The Morgan fingerprint density at radius 2 is 2.00 bits per heavy atom. The Labute approximate surface area is 73.0 Å². The monoisotopic (exact) mass is 165 g/mol. The van der Waals surface area contributed by atoms with Crippen molar-refractivity contribution in [3.63, 3.8) is 0 Å². The summed E-state index contributed by atoms with van der Waals surface area (Å²) in [5.41, 5.74) is 6.58. The van der Waals surface area contributed by atoms with Crippen molar-refractivity contribution < 1.29 is 0 Å². The van der Waals surface area contributed by atoms with E-state index in [1.165, 1.54) is 0 Å². The van der Waals surface area contributed by atoms with E-state index in [4.69, 9.17) is 5.73 Å². The number of anilines is 1. The molecule has 0 aliphatic heterocycles. The Morgan fingerprint density at radius 3 is 2.50 bits per heavy atom. The maximum absolute atomic E-state index is 5.58. The molecule has 0 aliphatic rings. The van der Waals surface area contributed by atoms with Crippen LogP contribution in [0.3, 0.4) is 0 Å². The third-order valence-electron chi connectivity index (χ3n) is 1.67. The number of rotatable bonds is 3. The van der Waals surface area contributed by atoms with Crippen LogP contribution in [0.15, 0.2) is 24.5 Å². The lowest BCUT2D eigenvalue weighted by Gasteiger charge is -2.25. The predicted octanol–water partition coefficient (Wildman–Crippen LogP) is 1.23. The van der Waals surface area contributed by atoms with E-state index < -0.39 is 0 Å². The summed E-state index contributed by atoms with van der Waals surface area (Å²) in [7, 11) is 0. The Morgan fingerprint density at radius 1 is 1.42 bits per heavy atom. The number of nitrogens with two attached hydrogens (primary N) is 1. The topological polar surface area (TPSA) is 50.9 Å². The van der Waals surface area contributed by atoms with Crippen molar-refractivity contribution in [2.75, 3.05) is 11.9 Å². The average Bonchev–Trinajstić information content (AvgIpc) is 2.06. The minimum atomic E-state index is -0.0542. The predicted molar refractivity (Wildman–Crippen MR) is 51.0 cm³/mol. The van der Waals surface area contributed by atoms with Crippen molar-refractivity contribution in [2.45, 2.75) is 19.4 Å². The maximum Gasteiger partial charge on any atom is 0.0439 e. The van der Waals surface area contributed by atoms with Crippen LogP contribution >= 0.6 is 0 Å². The zero-order chi connectivity index (χ0) is 9.03. The van der Waals surface area contributed by atoms with E-state index in [1.807, 2.05) is 12.1 Å². The second-order valence-electron chi connectivity index (χ2n) is 3.45. The molecule has 3 heteroatoms. The molecule has 1 aromatic heterocycles. The molecule has 0 bridgehead atoms. The van der Waals surface area contributed by atoms with Gasteiger partial charge in [-0.15, -0.1) is 0 Å². The van der Waals surface area contributed by atoms with Crippen molar-refractivity contribution in [3.8, 4) is 0 Å². The summed E-state index contributed by atoms with van der Waals surface area (Å²) in [5.74, 6) is 0. The van der Waals surface area contributed by atoms with Gasteiger partial charge in [0.1, 0.15) is 0 Å². The molecule has 12 heavy (non-hydrogen) atoms. The summed E-state index contributed by atoms with van der Waals surface area (Å²) in [5, 5.41) is 3.30. The van der Waals surface area contributed by atoms with Gasteiger partial charge in [0.15, 0.2) is 0 Å². The zero-order valence-electron chi connectivity index (χ0n) is 7.54. The summed E-state index contributed by atoms with van der Waals surface area (Å²) in [6.45, 7) is 4.73. The molecule has 0 spiro atoms. The highest BCUT2D eigenvalue weighted by atomic mass is 15.0. The highest BCUT2D eigenvalue weighted by Gasteiger charge is 2.13. The zero-order valence-corrected chi connectivity index (χ0v) is 7.54. The van der Waals surface area contributed by atoms with Crippen LogP contribution in [-0.4, -0.2) is 17.1 Å². The third kappa shape index (κ3) is 2.51. The van der Waals surface area contributed by atoms with Crippen LogP contribution in [0.2, 0.25) is 0 Å². The van der Waals surface area contributed by atoms with Gasteiger partial charge in [0.2, 0.25) is 0 Å². The largest absolute Gasteiger partial charge is 0.379 e. The minimum absolute atomic E-state index is 0.0542. The van der Waals surface area contributed by atoms with E-state index in [1.54, 1.807) is 12.4 Å². The number of aromatic nitrogens is 1. The second kappa shape index (κ2) is 3.54. The van der Waals surface area contributed by atoms with Crippen LogP contribution in [0.1, 0.15) is 13.8 Å². The number of pyridine rings is 1. The molecule has 0 aliphatic carbocycles. The fourth-order valence-corrected chi connectivity index (χ4v) is 0.877. The van der Waals surface area contributed by atoms with E-state index in [0.29, 0.717) is 6.54 Å². The Hall–Kier alpha value is -1.09. The highest BCUT2D eigenvalue weighted by Crippen LogP contribution is 2.11. The number of hydrogen-bond acceptors (Lipinski definition) is 3. The lowest BCUT2D eigenvalue weighted by Crippen LogP contribution is -2.39. The van der Waals surface area contributed by atoms with Crippen molar-refractivity contribution in [1.82, 2.24) is 4.98 Å². The van der Waals surface area contributed by atoms with Crippen LogP contribution in [0, 0.1) is 0 Å². The normalized spacial score (nSPS) is 11.2. The standard InChI is InChI=1S/C9H15N3/c1-9(2,7-10)12-8-3-5-11-6-4-8/h3-6H,7,10H2,1-2H3,(H,11,12). The minimum Gasteiger partial charge on any atom is -0.379 e. The lowest BCUT2D eigenvalue weighted by molar-refractivity contribution is 0.580. The molecule has 0 radical (unpaired) electrons. The summed E-state index contributed by atoms with van der Waals surface area (Å²) in [6.07, 6.45) is 3.52. The molecule has 0 saturated heterocycles. The van der Waals surface area contributed by atoms with Crippen LogP contribution in [0.5, 0.6) is 0 Å². The molecule has 1 aromatic rings. The molecule has 0 atom stereocenters. The first kappa shape index (κ1) is 9.00. The summed E-state index contributed by atoms with van der Waals surface area (Å²) in [6, 6.07) is 3.86. The molecule has 1 heterocycles. The average molecular weight is 165 g/mol. The van der Waals surface area contributed by atoms with E-state index in [-0.39, 0.29) is 5.54 Å². The fraction of sp³-hybridized carbons (Fsp3) is 0.444. The Kier molecular flexibility index (Phi) is 2.65. The molecule has 0 aromatic carbocycles. The van der Waals surface area contributed by atoms with Crippen molar-refractivity contribution in [3.05, 3.63) is 24.5 Å². The van der Waals surface area contributed by atoms with Crippen LogP contribution in [0.25, 0.3) is 0 Å². The van der Waals surface area contributed by atoms with Crippen molar-refractivity contribution >= 4 is 5.69 Å². The number of hydrogen-bond donors (Lipinski definition) is 2. The van der Waals surface area contributed by atoms with E-state index >= 15 is 0 Å². The van der Waals surface area contributed by atoms with Gasteiger partial charge in [0, 0.05) is 30.2 Å². The van der Waals surface area contributed by atoms with Gasteiger partial charge >= 0.3 is 0 Å². The van der Waals surface area contributed by atoms with Gasteiger partial charge in [0.25, 0.3) is 0 Å². The van der Waals surface area contributed by atoms with Crippen LogP contribution in [-0.2, 0) is 0 Å². The van der Waals surface area contributed by atoms with Gasteiger partial charge in [0.05, 0.1) is 0 Å². The second-order valence-corrected chi connectivity index (χ2v) is 3.45. The highest BCUT2D eigenvalue weighted by molar-refractivity contribution is 5.43. The molecule has 3 N–H and O–H groups in total. The van der Waals surface area contributed by atoms with E-state index in [2.05, 4.69) is 24.1 Å². The van der Waals surface area contributed by atoms with E-state index in [0.717, 1.165) is 5.69 Å². The molecule has 0 amide bonds. The molecule has 0 fully saturated rings. The van der Waals surface area contributed by atoms with Gasteiger partial charge in [-0.1, -0.05) is 0 Å². The van der Waals surface area contributed by atoms with Crippen molar-refractivity contribution in [2.24, 2.45) is 5.73 Å². The SMILES string of the molecule is CC(C)(CN)Nc1ccncc1. The molecule has 0 unspecified atom stereocenters. The van der Waals surface area contributed by atoms with Gasteiger partial charge in [-0.25, -0.2) is 0 Å². The summed E-state index contributed by atoms with van der Waals surface area (Å²) < 4.78 is 0. The molecule has 1 rings (SSSR count). The van der Waals surface area contributed by atoms with Crippen LogP contribution < -0.4 is 11.1 Å². The van der Waals surface area contributed by atoms with Gasteiger partial charge in [-0.3, -0.25) is 4.98 Å². The van der Waals surface area contributed by atoms with Gasteiger partial charge in [-0.2, -0.15) is 0 Å². The van der Waals surface area contributed by atoms with Crippen LogP contribution in [0.4, 0.5) is 5.69 Å². The lowest BCUT2D eigenvalue weighted by atomic mass is 10.1. The summed E-state index contributed by atoms with van der Waals surface area (Å²) >= 11 is 0. The quantitative estimate of drug-likeness (QED) is 0.708. The fourth-order valence-electron chi connectivity index (χ4n) is 0.877. The molecule has 3 nitrogen and oxygen atoms in total. The number of nitrogens with zero attached hydrogens (tertiary/aromatic N) is 1. The van der Waals surface area contributed by atoms with Crippen molar-refractivity contribution in [1.29, 1.82) is 0 Å². The first-order valence-corrected chi connectivity index (χ1v) is 4.02. The Balaban J connectivity index is 2.64. The first-order chi connectivity index (χ1) is 5.64. The molecular weight excluding hydrogens is 150 g/mol. The Bertz CT molecular complexity index is 231. The molecular formula is C9H15N3. The summed E-state index contributed by atoms with van der Waals surface area (Å²) in [4.78, 5) is 3.93. The third-order valence-corrected chi connectivity index (χ3v) is 1.67. The van der Waals surface area contributed by atoms with Gasteiger partial charge < -0.3 is 11.1 Å². The van der Waals surface area contributed by atoms with Gasteiger partial charge in [-0.05, 0) is 26.0 Å².